The van der Waals surface area contributed by atoms with Gasteiger partial charge in [-0.1, -0.05) is 42.5 Å². The molecule has 3 aromatic carbocycles. The Hall–Kier alpha value is -4.97. The fourth-order valence-electron chi connectivity index (χ4n) is 5.99. The van der Waals surface area contributed by atoms with Crippen LogP contribution < -0.4 is 10.3 Å². The van der Waals surface area contributed by atoms with E-state index >= 15 is 4.39 Å². The number of anilines is 1. The number of carbonyl (C=O) groups excluding carboxylic acids is 3. The molecule has 4 aromatic rings. The number of carboxylic acid groups (broad SMARTS) is 1. The third-order valence-corrected chi connectivity index (χ3v) is 9.43. The predicted octanol–water partition coefficient (Wildman–Crippen LogP) is 4.71. The maximum atomic E-state index is 15.3. The Morgan fingerprint density at radius 1 is 0.956 bits per heavy atom. The van der Waals surface area contributed by atoms with Gasteiger partial charge in [0.1, 0.15) is 17.9 Å². The molecule has 0 radical (unpaired) electrons. The van der Waals surface area contributed by atoms with Crippen molar-refractivity contribution in [2.24, 2.45) is 0 Å². The predicted molar refractivity (Wildman–Crippen MR) is 169 cm³/mol. The van der Waals surface area contributed by atoms with Gasteiger partial charge >= 0.3 is 5.97 Å². The monoisotopic (exact) mass is 626 g/mol. The number of piperazine rings is 1. The van der Waals surface area contributed by atoms with Gasteiger partial charge < -0.3 is 19.5 Å². The Bertz CT molecular complexity index is 2020. The molecule has 3 fully saturated rings. The summed E-state index contributed by atoms with van der Waals surface area (Å²) in [6, 6.07) is 16.2. The number of carbonyl (C=O) groups is 4. The first kappa shape index (κ1) is 28.8. The first-order valence-electron chi connectivity index (χ1n) is 14.6. The van der Waals surface area contributed by atoms with Crippen LogP contribution in [0.5, 0.6) is 0 Å². The van der Waals surface area contributed by atoms with Crippen LogP contribution in [-0.4, -0.2) is 75.2 Å². The topological polar surface area (TPSA) is 120 Å². The summed E-state index contributed by atoms with van der Waals surface area (Å²) in [7, 11) is 0. The number of hydrogen-bond donors (Lipinski definition) is 1. The van der Waals surface area contributed by atoms with Crippen LogP contribution in [0.3, 0.4) is 0 Å². The van der Waals surface area contributed by atoms with E-state index in [1.54, 1.807) is 26.5 Å². The Labute approximate surface area is 260 Å². The highest BCUT2D eigenvalue weighted by atomic mass is 32.2. The largest absolute Gasteiger partial charge is 0.477 e. The molecule has 7 rings (SSSR count). The maximum absolute atomic E-state index is 15.3. The van der Waals surface area contributed by atoms with Gasteiger partial charge in [-0.3, -0.25) is 24.1 Å². The van der Waals surface area contributed by atoms with E-state index in [0.717, 1.165) is 51.9 Å². The lowest BCUT2D eigenvalue weighted by molar-refractivity contribution is -0.136. The average Bonchev–Trinajstić information content (AvgIpc) is 3.85. The molecule has 10 nitrogen and oxygen atoms in total. The number of thioether (sulfide) groups is 1. The van der Waals surface area contributed by atoms with Gasteiger partial charge in [0.25, 0.3) is 11.1 Å². The number of carboxylic acids is 1. The molecular formula is C33H27FN4O6S. The van der Waals surface area contributed by atoms with Crippen molar-refractivity contribution in [3.8, 4) is 0 Å². The van der Waals surface area contributed by atoms with Gasteiger partial charge in [0.15, 0.2) is 0 Å². The molecule has 0 bridgehead atoms. The molecule has 0 unspecified atom stereocenters. The first-order valence-corrected chi connectivity index (χ1v) is 15.4. The van der Waals surface area contributed by atoms with E-state index in [1.165, 1.54) is 6.20 Å². The molecule has 1 saturated carbocycles. The SMILES string of the molecule is O=C(O)c1cn(C2CC2)c2cc(N3CCN(C(=O)CN4C(=O)S/C(=C/c5cccc6ccccc56)C4=O)CC3)c(F)cc2c1=O. The van der Waals surface area contributed by atoms with Crippen LogP contribution in [0, 0.1) is 5.82 Å². The summed E-state index contributed by atoms with van der Waals surface area (Å²) in [5.74, 6) is -2.91. The average molecular weight is 627 g/mol. The number of fused-ring (bicyclic) bond motifs is 2. The zero-order valence-electron chi connectivity index (χ0n) is 23.9. The lowest BCUT2D eigenvalue weighted by Crippen LogP contribution is -2.52. The van der Waals surface area contributed by atoms with Crippen molar-refractivity contribution in [2.45, 2.75) is 18.9 Å². The van der Waals surface area contributed by atoms with Crippen LogP contribution in [0.25, 0.3) is 27.8 Å². The number of rotatable bonds is 6. The van der Waals surface area contributed by atoms with Crippen LogP contribution >= 0.6 is 11.8 Å². The van der Waals surface area contributed by atoms with Gasteiger partial charge in [-0.25, -0.2) is 9.18 Å². The summed E-state index contributed by atoms with van der Waals surface area (Å²) in [6.45, 7) is 0.675. The lowest BCUT2D eigenvalue weighted by atomic mass is 10.0. The molecule has 12 heteroatoms. The van der Waals surface area contributed by atoms with Gasteiger partial charge in [0.05, 0.1) is 16.1 Å². The zero-order valence-corrected chi connectivity index (χ0v) is 24.8. The minimum Gasteiger partial charge on any atom is -0.477 e. The molecule has 0 atom stereocenters. The van der Waals surface area contributed by atoms with E-state index in [0.29, 0.717) is 5.52 Å². The first-order chi connectivity index (χ1) is 21.7. The summed E-state index contributed by atoms with van der Waals surface area (Å²) in [5.41, 5.74) is 0.417. The molecule has 2 aliphatic heterocycles. The fourth-order valence-corrected chi connectivity index (χ4v) is 6.82. The second kappa shape index (κ2) is 11.2. The van der Waals surface area contributed by atoms with Crippen LogP contribution in [0.2, 0.25) is 0 Å². The van der Waals surface area contributed by atoms with Gasteiger partial charge in [0.2, 0.25) is 11.3 Å². The van der Waals surface area contributed by atoms with Crippen molar-refractivity contribution in [1.82, 2.24) is 14.4 Å². The lowest BCUT2D eigenvalue weighted by Gasteiger charge is -2.36. The molecule has 228 valence electrons. The van der Waals surface area contributed by atoms with Crippen molar-refractivity contribution in [3.05, 3.63) is 92.9 Å². The van der Waals surface area contributed by atoms with Crippen molar-refractivity contribution in [1.29, 1.82) is 0 Å². The Balaban J connectivity index is 1.05. The van der Waals surface area contributed by atoms with Gasteiger partial charge in [-0.05, 0) is 59.1 Å². The van der Waals surface area contributed by atoms with Crippen LogP contribution in [0.15, 0.2) is 70.5 Å². The quantitative estimate of drug-likeness (QED) is 0.306. The number of nitrogens with zero attached hydrogens (tertiary/aromatic N) is 4. The summed E-state index contributed by atoms with van der Waals surface area (Å²) in [6.07, 6.45) is 4.70. The van der Waals surface area contributed by atoms with Crippen LogP contribution in [0.1, 0.15) is 34.8 Å². The fraction of sp³-hybridized carbons (Fsp3) is 0.242. The summed E-state index contributed by atoms with van der Waals surface area (Å²) < 4.78 is 17.1. The molecule has 1 N–H and O–H groups in total. The summed E-state index contributed by atoms with van der Waals surface area (Å²) in [5, 5.41) is 10.9. The number of aromatic nitrogens is 1. The highest BCUT2D eigenvalue weighted by Gasteiger charge is 2.38. The third kappa shape index (κ3) is 5.24. The zero-order chi connectivity index (χ0) is 31.4. The van der Waals surface area contributed by atoms with Gasteiger partial charge in [-0.2, -0.15) is 0 Å². The molecule has 3 heterocycles. The van der Waals surface area contributed by atoms with E-state index < -0.39 is 33.9 Å². The minimum absolute atomic E-state index is 0.0172. The highest BCUT2D eigenvalue weighted by Crippen LogP contribution is 2.38. The molecule has 2 saturated heterocycles. The molecule has 3 amide bonds. The number of halogens is 1. The molecule has 0 spiro atoms. The number of benzene rings is 3. The van der Waals surface area contributed by atoms with Crippen LogP contribution in [0.4, 0.5) is 14.9 Å². The molecule has 1 aromatic heterocycles. The van der Waals surface area contributed by atoms with Crippen LogP contribution in [-0.2, 0) is 9.59 Å². The van der Waals surface area contributed by atoms with Crippen molar-refractivity contribution in [2.75, 3.05) is 37.6 Å². The number of amides is 3. The van der Waals surface area contributed by atoms with Gasteiger partial charge in [-0.15, -0.1) is 0 Å². The molecule has 3 aliphatic rings. The van der Waals surface area contributed by atoms with Gasteiger partial charge in [0, 0.05) is 43.8 Å². The number of hydrogen-bond acceptors (Lipinski definition) is 7. The third-order valence-electron chi connectivity index (χ3n) is 8.52. The number of aromatic carboxylic acids is 1. The summed E-state index contributed by atoms with van der Waals surface area (Å²) in [4.78, 5) is 68.1. The number of pyridine rings is 1. The Kier molecular flexibility index (Phi) is 7.16. The summed E-state index contributed by atoms with van der Waals surface area (Å²) >= 11 is 0.806. The van der Waals surface area contributed by atoms with Crippen molar-refractivity contribution in [3.63, 3.8) is 0 Å². The molecular weight excluding hydrogens is 599 g/mol. The molecule has 1 aliphatic carbocycles. The second-order valence-electron chi connectivity index (χ2n) is 11.3. The van der Waals surface area contributed by atoms with E-state index in [1.807, 2.05) is 42.5 Å². The highest BCUT2D eigenvalue weighted by molar-refractivity contribution is 8.18. The minimum atomic E-state index is -1.35. The maximum Gasteiger partial charge on any atom is 0.341 e. The van der Waals surface area contributed by atoms with E-state index in [-0.39, 0.29) is 60.7 Å². The standard InChI is InChI=1S/C33H27FN4O6S/c34-25-15-23-26(37(21-8-9-21)17-24(30(23)40)32(42)43)16-27(25)35-10-12-36(13-11-35)29(39)18-38-31(41)28(45-33(38)44)14-20-6-3-5-19-4-1-2-7-22(19)20/h1-7,14-17,21H,8-13,18H2,(H,42,43)/b28-14+. The Morgan fingerprint density at radius 3 is 2.42 bits per heavy atom. The normalized spacial score (nSPS) is 18.1. The Morgan fingerprint density at radius 2 is 1.69 bits per heavy atom. The van der Waals surface area contributed by atoms with E-state index in [2.05, 4.69) is 0 Å². The van der Waals surface area contributed by atoms with Crippen molar-refractivity contribution < 1.29 is 28.7 Å². The second-order valence-corrected chi connectivity index (χ2v) is 12.3. The number of imide groups is 1. The smallest absolute Gasteiger partial charge is 0.341 e. The van der Waals surface area contributed by atoms with E-state index in [9.17, 15) is 29.1 Å². The van der Waals surface area contributed by atoms with E-state index in [4.69, 9.17) is 0 Å². The molecule has 45 heavy (non-hydrogen) atoms. The van der Waals surface area contributed by atoms with Crippen molar-refractivity contribution >= 4 is 68.2 Å².